The van der Waals surface area contributed by atoms with Crippen molar-refractivity contribution < 1.29 is 13.2 Å². The lowest BCUT2D eigenvalue weighted by Crippen LogP contribution is -2.45. The summed E-state index contributed by atoms with van der Waals surface area (Å²) in [6.07, 6.45) is 4.07. The minimum absolute atomic E-state index is 0.0654. The lowest BCUT2D eigenvalue weighted by Gasteiger charge is -2.31. The van der Waals surface area contributed by atoms with Crippen LogP contribution in [0.2, 0.25) is 0 Å². The Morgan fingerprint density at radius 2 is 1.93 bits per heavy atom. The number of hydrogen-bond donors (Lipinski definition) is 1. The van der Waals surface area contributed by atoms with Gasteiger partial charge in [-0.2, -0.15) is 4.31 Å². The molecule has 3 aromatic rings. The number of piperidine rings is 1. The fourth-order valence-electron chi connectivity index (χ4n) is 4.06. The lowest BCUT2D eigenvalue weighted by atomic mass is 9.99. The summed E-state index contributed by atoms with van der Waals surface area (Å²) in [4.78, 5) is 12.9. The number of rotatable bonds is 6. The first-order valence-corrected chi connectivity index (χ1v) is 11.8. The molecule has 2 heterocycles. The van der Waals surface area contributed by atoms with Crippen molar-refractivity contribution in [3.8, 4) is 0 Å². The van der Waals surface area contributed by atoms with Crippen LogP contribution in [0.25, 0.3) is 10.9 Å². The number of amides is 1. The van der Waals surface area contributed by atoms with Crippen molar-refractivity contribution in [1.29, 1.82) is 0 Å². The third-order valence-electron chi connectivity index (χ3n) is 5.81. The molecule has 1 aliphatic rings. The zero-order valence-corrected chi connectivity index (χ0v) is 17.9. The molecule has 0 aliphatic carbocycles. The zero-order chi connectivity index (χ0) is 21.1. The second kappa shape index (κ2) is 8.62. The Balaban J connectivity index is 1.41. The van der Waals surface area contributed by atoms with E-state index < -0.39 is 10.0 Å². The largest absolute Gasteiger partial charge is 0.355 e. The van der Waals surface area contributed by atoms with Crippen LogP contribution in [0, 0.1) is 5.92 Å². The molecule has 1 aromatic heterocycles. The number of benzene rings is 2. The van der Waals surface area contributed by atoms with Crippen LogP contribution in [0.3, 0.4) is 0 Å². The van der Waals surface area contributed by atoms with Gasteiger partial charge in [0.2, 0.25) is 15.9 Å². The van der Waals surface area contributed by atoms with Gasteiger partial charge in [-0.3, -0.25) is 4.79 Å². The second-order valence-electron chi connectivity index (χ2n) is 7.88. The first-order chi connectivity index (χ1) is 14.4. The molecule has 0 saturated carbocycles. The Bertz CT molecular complexity index is 1140. The number of sulfonamides is 1. The molecule has 0 radical (unpaired) electrons. The average molecular weight is 426 g/mol. The summed E-state index contributed by atoms with van der Waals surface area (Å²) in [5.74, 6) is -0.380. The molecule has 30 heavy (non-hydrogen) atoms. The van der Waals surface area contributed by atoms with Crippen molar-refractivity contribution in [2.45, 2.75) is 24.2 Å². The van der Waals surface area contributed by atoms with Crippen LogP contribution in [-0.2, 0) is 28.3 Å². The number of aromatic nitrogens is 1. The molecule has 1 atom stereocenters. The SMILES string of the molecule is Cn1ccc2cc(S(=O)(=O)N3CCC[C@H](C(=O)NCCc4ccccc4)C3)ccc21. The highest BCUT2D eigenvalue weighted by Crippen LogP contribution is 2.26. The van der Waals surface area contributed by atoms with E-state index in [-0.39, 0.29) is 23.3 Å². The molecule has 2 aromatic carbocycles. The van der Waals surface area contributed by atoms with E-state index in [0.717, 1.165) is 17.3 Å². The number of carbonyl (C=O) groups is 1. The Kier molecular flexibility index (Phi) is 5.92. The maximum atomic E-state index is 13.2. The van der Waals surface area contributed by atoms with Crippen LogP contribution in [0.5, 0.6) is 0 Å². The number of hydrogen-bond acceptors (Lipinski definition) is 3. The van der Waals surface area contributed by atoms with Crippen LogP contribution in [0.4, 0.5) is 0 Å². The van der Waals surface area contributed by atoms with Crippen LogP contribution in [0.1, 0.15) is 18.4 Å². The van der Waals surface area contributed by atoms with Gasteiger partial charge in [0.05, 0.1) is 10.8 Å². The molecule has 0 spiro atoms. The van der Waals surface area contributed by atoms with Gasteiger partial charge in [0.1, 0.15) is 0 Å². The van der Waals surface area contributed by atoms with E-state index in [1.807, 2.05) is 60.3 Å². The van der Waals surface area contributed by atoms with E-state index in [2.05, 4.69) is 5.32 Å². The average Bonchev–Trinajstić information content (AvgIpc) is 3.15. The maximum Gasteiger partial charge on any atom is 0.243 e. The van der Waals surface area contributed by atoms with Gasteiger partial charge in [-0.1, -0.05) is 30.3 Å². The van der Waals surface area contributed by atoms with Crippen molar-refractivity contribution >= 4 is 26.8 Å². The minimum atomic E-state index is -3.63. The monoisotopic (exact) mass is 425 g/mol. The summed E-state index contributed by atoms with van der Waals surface area (Å²) >= 11 is 0. The Morgan fingerprint density at radius 1 is 1.13 bits per heavy atom. The molecule has 158 valence electrons. The van der Waals surface area contributed by atoms with E-state index in [4.69, 9.17) is 0 Å². The highest BCUT2D eigenvalue weighted by molar-refractivity contribution is 7.89. The quantitative estimate of drug-likeness (QED) is 0.660. The summed E-state index contributed by atoms with van der Waals surface area (Å²) in [6, 6.07) is 17.1. The van der Waals surface area contributed by atoms with Crippen molar-refractivity contribution in [3.05, 3.63) is 66.4 Å². The highest BCUT2D eigenvalue weighted by atomic mass is 32.2. The number of fused-ring (bicyclic) bond motifs is 1. The number of aryl methyl sites for hydroxylation is 1. The summed E-state index contributed by atoms with van der Waals surface area (Å²) in [5, 5.41) is 3.87. The molecular weight excluding hydrogens is 398 g/mol. The fraction of sp³-hybridized carbons (Fsp3) is 0.348. The Hall–Kier alpha value is -2.64. The van der Waals surface area contributed by atoms with Gasteiger partial charge in [-0.25, -0.2) is 8.42 Å². The third-order valence-corrected chi connectivity index (χ3v) is 7.67. The minimum Gasteiger partial charge on any atom is -0.355 e. The maximum absolute atomic E-state index is 13.2. The number of nitrogens with one attached hydrogen (secondary N) is 1. The van der Waals surface area contributed by atoms with Crippen molar-refractivity contribution in [2.75, 3.05) is 19.6 Å². The predicted molar refractivity (Wildman–Crippen MR) is 118 cm³/mol. The van der Waals surface area contributed by atoms with Crippen LogP contribution >= 0.6 is 0 Å². The van der Waals surface area contributed by atoms with Crippen molar-refractivity contribution in [1.82, 2.24) is 14.2 Å². The smallest absolute Gasteiger partial charge is 0.243 e. The lowest BCUT2D eigenvalue weighted by molar-refractivity contribution is -0.126. The molecule has 1 N–H and O–H groups in total. The summed E-state index contributed by atoms with van der Waals surface area (Å²) in [5.41, 5.74) is 2.16. The van der Waals surface area contributed by atoms with E-state index in [1.54, 1.807) is 12.1 Å². The third kappa shape index (κ3) is 4.27. The van der Waals surface area contributed by atoms with E-state index in [9.17, 15) is 13.2 Å². The molecule has 4 rings (SSSR count). The molecule has 1 fully saturated rings. The van der Waals surface area contributed by atoms with Gasteiger partial charge in [-0.05, 0) is 49.1 Å². The molecular formula is C23H27N3O3S. The molecule has 0 unspecified atom stereocenters. The Labute approximate surface area is 177 Å². The van der Waals surface area contributed by atoms with Crippen molar-refractivity contribution in [2.24, 2.45) is 13.0 Å². The molecule has 0 bridgehead atoms. The molecule has 1 saturated heterocycles. The van der Waals surface area contributed by atoms with Crippen LogP contribution in [-0.4, -0.2) is 42.8 Å². The molecule has 1 aliphatic heterocycles. The van der Waals surface area contributed by atoms with E-state index in [0.29, 0.717) is 25.9 Å². The zero-order valence-electron chi connectivity index (χ0n) is 17.1. The van der Waals surface area contributed by atoms with E-state index in [1.165, 1.54) is 9.87 Å². The topological polar surface area (TPSA) is 71.4 Å². The first kappa shape index (κ1) is 20.6. The molecule has 6 nitrogen and oxygen atoms in total. The number of nitrogens with zero attached hydrogens (tertiary/aromatic N) is 2. The van der Waals surface area contributed by atoms with Gasteiger partial charge >= 0.3 is 0 Å². The van der Waals surface area contributed by atoms with Gasteiger partial charge < -0.3 is 9.88 Å². The van der Waals surface area contributed by atoms with Crippen LogP contribution in [0.15, 0.2) is 65.7 Å². The van der Waals surface area contributed by atoms with Gasteiger partial charge in [0.15, 0.2) is 0 Å². The predicted octanol–water partition coefficient (Wildman–Crippen LogP) is 2.94. The van der Waals surface area contributed by atoms with Gasteiger partial charge in [-0.15, -0.1) is 0 Å². The van der Waals surface area contributed by atoms with E-state index >= 15 is 0 Å². The Morgan fingerprint density at radius 3 is 2.73 bits per heavy atom. The number of carbonyl (C=O) groups excluding carboxylic acids is 1. The highest BCUT2D eigenvalue weighted by Gasteiger charge is 2.33. The standard InChI is InChI=1S/C23H27N3O3S/c1-25-15-12-19-16-21(9-10-22(19)25)30(28,29)26-14-5-8-20(17-26)23(27)24-13-11-18-6-3-2-4-7-18/h2-4,6-7,9-10,12,15-16,20H,5,8,11,13-14,17H2,1H3,(H,24,27)/t20-/m0/s1. The summed E-state index contributed by atoms with van der Waals surface area (Å²) in [7, 11) is -1.70. The summed E-state index contributed by atoms with van der Waals surface area (Å²) in [6.45, 7) is 1.23. The second-order valence-corrected chi connectivity index (χ2v) is 9.81. The van der Waals surface area contributed by atoms with Crippen LogP contribution < -0.4 is 5.32 Å². The fourth-order valence-corrected chi connectivity index (χ4v) is 5.62. The van der Waals surface area contributed by atoms with Gasteiger partial charge in [0, 0.05) is 43.8 Å². The summed E-state index contributed by atoms with van der Waals surface area (Å²) < 4.78 is 29.8. The normalized spacial score (nSPS) is 17.8. The van der Waals surface area contributed by atoms with Gasteiger partial charge in [0.25, 0.3) is 0 Å². The molecule has 1 amide bonds. The molecule has 7 heteroatoms. The van der Waals surface area contributed by atoms with Crippen molar-refractivity contribution in [3.63, 3.8) is 0 Å². The first-order valence-electron chi connectivity index (χ1n) is 10.3.